The molecule has 2 rings (SSSR count). The highest BCUT2D eigenvalue weighted by atomic mass is 127. The van der Waals surface area contributed by atoms with Gasteiger partial charge in [0.2, 0.25) is 0 Å². The summed E-state index contributed by atoms with van der Waals surface area (Å²) >= 11 is 0. The third-order valence-corrected chi connectivity index (χ3v) is 4.03. The molecule has 142 valence electrons. The number of para-hydroxylation sites is 1. The zero-order valence-corrected chi connectivity index (χ0v) is 18.2. The first-order valence-electron chi connectivity index (χ1n) is 8.34. The van der Waals surface area contributed by atoms with Gasteiger partial charge in [-0.2, -0.15) is 0 Å². The lowest BCUT2D eigenvalue weighted by molar-refractivity contribution is 0.396. The van der Waals surface area contributed by atoms with Crippen LogP contribution in [0.2, 0.25) is 0 Å². The monoisotopic (exact) mass is 469 g/mol. The molecule has 0 unspecified atom stereocenters. The molecule has 0 heterocycles. The number of benzene rings is 2. The van der Waals surface area contributed by atoms with Crippen LogP contribution in [-0.4, -0.2) is 45.7 Å². The molecule has 2 aromatic carbocycles. The van der Waals surface area contributed by atoms with Gasteiger partial charge in [-0.15, -0.1) is 24.0 Å². The van der Waals surface area contributed by atoms with Crippen molar-refractivity contribution in [2.75, 3.05) is 34.9 Å². The summed E-state index contributed by atoms with van der Waals surface area (Å²) in [6.45, 7) is 1.54. The summed E-state index contributed by atoms with van der Waals surface area (Å²) in [5.74, 6) is 2.63. The first-order valence-corrected chi connectivity index (χ1v) is 8.34. The second-order valence-corrected chi connectivity index (χ2v) is 5.74. The van der Waals surface area contributed by atoms with Crippen LogP contribution in [0.15, 0.2) is 53.5 Å². The molecule has 26 heavy (non-hydrogen) atoms. The van der Waals surface area contributed by atoms with E-state index < -0.39 is 0 Å². The van der Waals surface area contributed by atoms with Crippen molar-refractivity contribution in [2.24, 2.45) is 4.99 Å². The third kappa shape index (κ3) is 6.40. The number of guanidine groups is 1. The Morgan fingerprint density at radius 3 is 2.35 bits per heavy atom. The molecule has 0 aromatic heterocycles. The Hall–Kier alpha value is -1.96. The van der Waals surface area contributed by atoms with Gasteiger partial charge >= 0.3 is 0 Å². The maximum Gasteiger partial charge on any atom is 0.193 e. The van der Waals surface area contributed by atoms with Crippen molar-refractivity contribution in [3.63, 3.8) is 0 Å². The standard InChI is InChI=1S/C20H27N3O2.HI/c1-21-20(22-14-13-16-9-11-18(24-3)12-10-16)23(2)15-17-7-5-6-8-19(17)25-4;/h5-12H,13-15H2,1-4H3,(H,21,22);1H. The lowest BCUT2D eigenvalue weighted by atomic mass is 10.1. The van der Waals surface area contributed by atoms with Crippen LogP contribution < -0.4 is 14.8 Å². The summed E-state index contributed by atoms with van der Waals surface area (Å²) in [6.07, 6.45) is 0.922. The zero-order chi connectivity index (χ0) is 18.1. The molecule has 0 bridgehead atoms. The summed E-state index contributed by atoms with van der Waals surface area (Å²) in [4.78, 5) is 6.46. The number of hydrogen-bond donors (Lipinski definition) is 1. The van der Waals surface area contributed by atoms with Crippen molar-refractivity contribution in [1.82, 2.24) is 10.2 Å². The smallest absolute Gasteiger partial charge is 0.193 e. The SMILES string of the molecule is CN=C(NCCc1ccc(OC)cc1)N(C)Cc1ccccc1OC.I. The van der Waals surface area contributed by atoms with Gasteiger partial charge in [0.05, 0.1) is 14.2 Å². The molecule has 0 fully saturated rings. The second-order valence-electron chi connectivity index (χ2n) is 5.74. The van der Waals surface area contributed by atoms with Crippen LogP contribution in [-0.2, 0) is 13.0 Å². The second kappa shape index (κ2) is 11.6. The Labute approximate surface area is 173 Å². The molecular formula is C20H28IN3O2. The molecular weight excluding hydrogens is 441 g/mol. The van der Waals surface area contributed by atoms with Gasteiger partial charge < -0.3 is 19.7 Å². The molecule has 0 aliphatic heterocycles. The summed E-state index contributed by atoms with van der Waals surface area (Å²) in [7, 11) is 7.20. The number of aliphatic imine (C=N–C) groups is 1. The van der Waals surface area contributed by atoms with Crippen molar-refractivity contribution in [3.05, 3.63) is 59.7 Å². The Bertz CT molecular complexity index is 690. The van der Waals surface area contributed by atoms with Crippen LogP contribution in [0.4, 0.5) is 0 Å². The molecule has 0 amide bonds. The Kier molecular flexibility index (Phi) is 9.87. The number of ether oxygens (including phenoxy) is 2. The van der Waals surface area contributed by atoms with E-state index >= 15 is 0 Å². The highest BCUT2D eigenvalue weighted by Crippen LogP contribution is 2.18. The predicted molar refractivity (Wildman–Crippen MR) is 118 cm³/mol. The lowest BCUT2D eigenvalue weighted by Crippen LogP contribution is -2.39. The van der Waals surface area contributed by atoms with E-state index in [4.69, 9.17) is 9.47 Å². The van der Waals surface area contributed by atoms with E-state index in [1.54, 1.807) is 21.3 Å². The highest BCUT2D eigenvalue weighted by Gasteiger charge is 2.09. The van der Waals surface area contributed by atoms with E-state index in [-0.39, 0.29) is 24.0 Å². The minimum atomic E-state index is 0. The summed E-state index contributed by atoms with van der Waals surface area (Å²) in [6, 6.07) is 16.2. The predicted octanol–water partition coefficient (Wildman–Crippen LogP) is 3.57. The fraction of sp³-hybridized carbons (Fsp3) is 0.350. The number of methoxy groups -OCH3 is 2. The van der Waals surface area contributed by atoms with Gasteiger partial charge in [-0.05, 0) is 30.2 Å². The fourth-order valence-corrected chi connectivity index (χ4v) is 2.66. The molecule has 0 saturated carbocycles. The molecule has 0 aliphatic carbocycles. The Balaban J connectivity index is 0.00000338. The quantitative estimate of drug-likeness (QED) is 0.383. The first kappa shape index (κ1) is 22.1. The fourth-order valence-electron chi connectivity index (χ4n) is 2.66. The number of rotatable bonds is 7. The van der Waals surface area contributed by atoms with Gasteiger partial charge in [-0.25, -0.2) is 0 Å². The number of nitrogens with zero attached hydrogens (tertiary/aromatic N) is 2. The average Bonchev–Trinajstić information content (AvgIpc) is 2.66. The van der Waals surface area contributed by atoms with Crippen molar-refractivity contribution in [1.29, 1.82) is 0 Å². The maximum absolute atomic E-state index is 5.42. The highest BCUT2D eigenvalue weighted by molar-refractivity contribution is 14.0. The minimum absolute atomic E-state index is 0. The normalized spacial score (nSPS) is 10.7. The molecule has 0 saturated heterocycles. The topological polar surface area (TPSA) is 46.1 Å². The van der Waals surface area contributed by atoms with Crippen LogP contribution in [0.25, 0.3) is 0 Å². The molecule has 6 heteroatoms. The first-order chi connectivity index (χ1) is 12.2. The van der Waals surface area contributed by atoms with Crippen LogP contribution in [0.1, 0.15) is 11.1 Å². The molecule has 1 N–H and O–H groups in total. The van der Waals surface area contributed by atoms with Crippen LogP contribution in [0.5, 0.6) is 11.5 Å². The average molecular weight is 469 g/mol. The van der Waals surface area contributed by atoms with Crippen molar-refractivity contribution >= 4 is 29.9 Å². The molecule has 0 aliphatic rings. The molecule has 0 spiro atoms. The Morgan fingerprint density at radius 2 is 1.73 bits per heavy atom. The summed E-state index contributed by atoms with van der Waals surface area (Å²) < 4.78 is 10.6. The van der Waals surface area contributed by atoms with Crippen molar-refractivity contribution in [2.45, 2.75) is 13.0 Å². The molecule has 0 atom stereocenters. The largest absolute Gasteiger partial charge is 0.497 e. The zero-order valence-electron chi connectivity index (χ0n) is 15.9. The molecule has 0 radical (unpaired) electrons. The molecule has 5 nitrogen and oxygen atoms in total. The van der Waals surface area contributed by atoms with E-state index in [0.29, 0.717) is 0 Å². The van der Waals surface area contributed by atoms with Crippen LogP contribution >= 0.6 is 24.0 Å². The van der Waals surface area contributed by atoms with E-state index in [1.807, 2.05) is 37.4 Å². The van der Waals surface area contributed by atoms with Gasteiger partial charge in [0, 0.05) is 32.7 Å². The van der Waals surface area contributed by atoms with Gasteiger partial charge in [-0.1, -0.05) is 30.3 Å². The summed E-state index contributed by atoms with van der Waals surface area (Å²) in [5, 5.41) is 3.41. The van der Waals surface area contributed by atoms with Gasteiger partial charge in [-0.3, -0.25) is 4.99 Å². The number of halogens is 1. The number of nitrogens with one attached hydrogen (secondary N) is 1. The Morgan fingerprint density at radius 1 is 1.04 bits per heavy atom. The van der Waals surface area contributed by atoms with Gasteiger partial charge in [0.25, 0.3) is 0 Å². The van der Waals surface area contributed by atoms with Gasteiger partial charge in [0.15, 0.2) is 5.96 Å². The van der Waals surface area contributed by atoms with Crippen molar-refractivity contribution < 1.29 is 9.47 Å². The lowest BCUT2D eigenvalue weighted by Gasteiger charge is -2.23. The number of hydrogen-bond acceptors (Lipinski definition) is 3. The molecule has 2 aromatic rings. The van der Waals surface area contributed by atoms with Crippen LogP contribution in [0, 0.1) is 0 Å². The van der Waals surface area contributed by atoms with Crippen LogP contribution in [0.3, 0.4) is 0 Å². The van der Waals surface area contributed by atoms with E-state index in [0.717, 1.165) is 42.5 Å². The van der Waals surface area contributed by atoms with E-state index in [2.05, 4.69) is 33.4 Å². The van der Waals surface area contributed by atoms with Gasteiger partial charge in [0.1, 0.15) is 11.5 Å². The third-order valence-electron chi connectivity index (χ3n) is 4.03. The maximum atomic E-state index is 5.42. The minimum Gasteiger partial charge on any atom is -0.497 e. The van der Waals surface area contributed by atoms with E-state index in [1.165, 1.54) is 5.56 Å². The van der Waals surface area contributed by atoms with E-state index in [9.17, 15) is 0 Å². The van der Waals surface area contributed by atoms with Crippen molar-refractivity contribution in [3.8, 4) is 11.5 Å². The summed E-state index contributed by atoms with van der Waals surface area (Å²) in [5.41, 5.74) is 2.39.